The van der Waals surface area contributed by atoms with Crippen LogP contribution in [0.4, 0.5) is 11.4 Å². The number of benzene rings is 2. The molecule has 0 atom stereocenters. The Labute approximate surface area is 203 Å². The van der Waals surface area contributed by atoms with Crippen molar-refractivity contribution in [2.45, 2.75) is 19.8 Å². The standard InChI is InChI=1S/C25H25Cl2N3O3/c1-2-3-24(31)30-14-12-29(13-15-30)21-9-8-19(16-20(21)27)28-25(32)23-11-10-22(33-23)17-4-6-18(26)7-5-17/h4-11,16H,2-3,12-15H2,1H3,(H,28,32). The molecule has 4 rings (SSSR count). The van der Waals surface area contributed by atoms with Crippen molar-refractivity contribution in [3.63, 3.8) is 0 Å². The molecule has 1 aliphatic heterocycles. The number of hydrogen-bond acceptors (Lipinski definition) is 4. The second kappa shape index (κ2) is 10.3. The molecule has 0 bridgehead atoms. The third kappa shape index (κ3) is 5.52. The van der Waals surface area contributed by atoms with Gasteiger partial charge in [-0.1, -0.05) is 30.1 Å². The van der Waals surface area contributed by atoms with Gasteiger partial charge in [-0.3, -0.25) is 9.59 Å². The summed E-state index contributed by atoms with van der Waals surface area (Å²) in [7, 11) is 0. The molecular formula is C25H25Cl2N3O3. The molecule has 1 aromatic heterocycles. The number of amides is 2. The number of furan rings is 1. The molecule has 1 saturated heterocycles. The summed E-state index contributed by atoms with van der Waals surface area (Å²) in [6, 6.07) is 16.0. The molecule has 6 nitrogen and oxygen atoms in total. The highest BCUT2D eigenvalue weighted by atomic mass is 35.5. The molecule has 2 amide bonds. The van der Waals surface area contributed by atoms with Crippen LogP contribution >= 0.6 is 23.2 Å². The zero-order valence-corrected chi connectivity index (χ0v) is 19.8. The van der Waals surface area contributed by atoms with E-state index in [0.717, 1.165) is 30.8 Å². The summed E-state index contributed by atoms with van der Waals surface area (Å²) in [6.07, 6.45) is 1.45. The number of anilines is 2. The number of nitrogens with one attached hydrogen (secondary N) is 1. The van der Waals surface area contributed by atoms with Crippen LogP contribution < -0.4 is 10.2 Å². The van der Waals surface area contributed by atoms with Crippen molar-refractivity contribution in [1.29, 1.82) is 0 Å². The molecule has 8 heteroatoms. The molecule has 172 valence electrons. The fraction of sp³-hybridized carbons (Fsp3) is 0.280. The van der Waals surface area contributed by atoms with E-state index in [-0.39, 0.29) is 17.6 Å². The summed E-state index contributed by atoms with van der Waals surface area (Å²) in [6.45, 7) is 4.82. The highest BCUT2D eigenvalue weighted by Crippen LogP contribution is 2.30. The molecule has 2 heterocycles. The Morgan fingerprint density at radius 2 is 1.70 bits per heavy atom. The Hall–Kier alpha value is -2.96. The van der Waals surface area contributed by atoms with Gasteiger partial charge in [0.1, 0.15) is 5.76 Å². The van der Waals surface area contributed by atoms with Gasteiger partial charge in [0, 0.05) is 48.9 Å². The number of rotatable bonds is 6. The lowest BCUT2D eigenvalue weighted by Gasteiger charge is -2.36. The van der Waals surface area contributed by atoms with Gasteiger partial charge >= 0.3 is 0 Å². The second-order valence-electron chi connectivity index (χ2n) is 7.91. The molecule has 0 saturated carbocycles. The van der Waals surface area contributed by atoms with Crippen molar-refractivity contribution < 1.29 is 14.0 Å². The van der Waals surface area contributed by atoms with Gasteiger partial charge in [-0.25, -0.2) is 0 Å². The minimum atomic E-state index is -0.359. The normalized spacial score (nSPS) is 13.8. The van der Waals surface area contributed by atoms with Gasteiger partial charge in [0.05, 0.1) is 10.7 Å². The van der Waals surface area contributed by atoms with Gasteiger partial charge in [-0.05, 0) is 61.0 Å². The number of carbonyl (C=O) groups is 2. The first-order valence-electron chi connectivity index (χ1n) is 10.9. The Morgan fingerprint density at radius 3 is 2.36 bits per heavy atom. The van der Waals surface area contributed by atoms with Crippen molar-refractivity contribution in [3.05, 3.63) is 70.4 Å². The second-order valence-corrected chi connectivity index (χ2v) is 8.75. The fourth-order valence-corrected chi connectivity index (χ4v) is 4.26. The van der Waals surface area contributed by atoms with E-state index in [1.807, 2.05) is 36.1 Å². The highest BCUT2D eigenvalue weighted by molar-refractivity contribution is 6.33. The van der Waals surface area contributed by atoms with Crippen molar-refractivity contribution in [2.75, 3.05) is 36.4 Å². The van der Waals surface area contributed by atoms with Gasteiger partial charge in [0.15, 0.2) is 5.76 Å². The molecule has 2 aromatic carbocycles. The van der Waals surface area contributed by atoms with Crippen molar-refractivity contribution in [2.24, 2.45) is 0 Å². The van der Waals surface area contributed by atoms with E-state index in [4.69, 9.17) is 27.6 Å². The quantitative estimate of drug-likeness (QED) is 0.468. The van der Waals surface area contributed by atoms with Crippen LogP contribution in [0.1, 0.15) is 30.3 Å². The minimum absolute atomic E-state index is 0.202. The maximum Gasteiger partial charge on any atom is 0.291 e. The molecule has 1 fully saturated rings. The molecule has 3 aromatic rings. The number of carbonyl (C=O) groups excluding carboxylic acids is 2. The number of halogens is 2. The van der Waals surface area contributed by atoms with E-state index < -0.39 is 0 Å². The molecular weight excluding hydrogens is 461 g/mol. The fourth-order valence-electron chi connectivity index (χ4n) is 3.83. The molecule has 1 N–H and O–H groups in total. The molecule has 1 aliphatic rings. The third-order valence-electron chi connectivity index (χ3n) is 5.60. The Bertz CT molecular complexity index is 1140. The van der Waals surface area contributed by atoms with Crippen LogP contribution in [0.2, 0.25) is 10.0 Å². The maximum absolute atomic E-state index is 12.6. The monoisotopic (exact) mass is 485 g/mol. The zero-order valence-electron chi connectivity index (χ0n) is 18.3. The largest absolute Gasteiger partial charge is 0.451 e. The average molecular weight is 486 g/mol. The molecule has 0 unspecified atom stereocenters. The van der Waals surface area contributed by atoms with Gasteiger partial charge in [0.25, 0.3) is 5.91 Å². The minimum Gasteiger partial charge on any atom is -0.451 e. The maximum atomic E-state index is 12.6. The van der Waals surface area contributed by atoms with Crippen LogP contribution in [0.3, 0.4) is 0 Å². The van der Waals surface area contributed by atoms with E-state index in [1.54, 1.807) is 30.3 Å². The average Bonchev–Trinajstić information content (AvgIpc) is 3.31. The van der Waals surface area contributed by atoms with E-state index in [0.29, 0.717) is 41.0 Å². The SMILES string of the molecule is CCCC(=O)N1CCN(c2ccc(NC(=O)c3ccc(-c4ccc(Cl)cc4)o3)cc2Cl)CC1. The first-order chi connectivity index (χ1) is 15.9. The van der Waals surface area contributed by atoms with E-state index >= 15 is 0 Å². The first-order valence-corrected chi connectivity index (χ1v) is 11.7. The molecule has 0 spiro atoms. The van der Waals surface area contributed by atoms with Gasteiger partial charge in [0.2, 0.25) is 5.91 Å². The lowest BCUT2D eigenvalue weighted by atomic mass is 10.2. The molecule has 33 heavy (non-hydrogen) atoms. The zero-order chi connectivity index (χ0) is 23.4. The topological polar surface area (TPSA) is 65.8 Å². The van der Waals surface area contributed by atoms with Crippen LogP contribution in [0.5, 0.6) is 0 Å². The third-order valence-corrected chi connectivity index (χ3v) is 6.16. The van der Waals surface area contributed by atoms with Gasteiger partial charge in [-0.15, -0.1) is 0 Å². The Morgan fingerprint density at radius 1 is 0.970 bits per heavy atom. The summed E-state index contributed by atoms with van der Waals surface area (Å²) in [5, 5.41) is 4.01. The summed E-state index contributed by atoms with van der Waals surface area (Å²) in [4.78, 5) is 28.8. The summed E-state index contributed by atoms with van der Waals surface area (Å²) >= 11 is 12.5. The number of hydrogen-bond donors (Lipinski definition) is 1. The first kappa shape index (κ1) is 23.2. The smallest absolute Gasteiger partial charge is 0.291 e. The van der Waals surface area contributed by atoms with Crippen molar-refractivity contribution in [1.82, 2.24) is 4.90 Å². The number of nitrogens with zero attached hydrogens (tertiary/aromatic N) is 2. The van der Waals surface area contributed by atoms with E-state index in [1.165, 1.54) is 0 Å². The predicted molar refractivity (Wildman–Crippen MR) is 132 cm³/mol. The number of piperazine rings is 1. The van der Waals surface area contributed by atoms with Crippen LogP contribution in [-0.2, 0) is 4.79 Å². The van der Waals surface area contributed by atoms with Gasteiger partial charge in [-0.2, -0.15) is 0 Å². The molecule has 0 radical (unpaired) electrons. The van der Waals surface area contributed by atoms with Crippen LogP contribution in [-0.4, -0.2) is 42.9 Å². The van der Waals surface area contributed by atoms with Crippen LogP contribution in [0, 0.1) is 0 Å². The van der Waals surface area contributed by atoms with E-state index in [2.05, 4.69) is 10.2 Å². The Kier molecular flexibility index (Phi) is 7.26. The lowest BCUT2D eigenvalue weighted by Crippen LogP contribution is -2.48. The predicted octanol–water partition coefficient (Wildman–Crippen LogP) is 5.95. The highest BCUT2D eigenvalue weighted by Gasteiger charge is 2.22. The van der Waals surface area contributed by atoms with E-state index in [9.17, 15) is 9.59 Å². The lowest BCUT2D eigenvalue weighted by molar-refractivity contribution is -0.131. The summed E-state index contributed by atoms with van der Waals surface area (Å²) < 4.78 is 5.71. The summed E-state index contributed by atoms with van der Waals surface area (Å²) in [5.41, 5.74) is 2.30. The molecule has 0 aliphatic carbocycles. The summed E-state index contributed by atoms with van der Waals surface area (Å²) in [5.74, 6) is 0.635. The van der Waals surface area contributed by atoms with Gasteiger partial charge < -0.3 is 19.5 Å². The Balaban J connectivity index is 1.38. The van der Waals surface area contributed by atoms with Crippen molar-refractivity contribution in [3.8, 4) is 11.3 Å². The van der Waals surface area contributed by atoms with Crippen LogP contribution in [0.25, 0.3) is 11.3 Å². The van der Waals surface area contributed by atoms with Crippen LogP contribution in [0.15, 0.2) is 59.0 Å². The van der Waals surface area contributed by atoms with Crippen molar-refractivity contribution >= 4 is 46.4 Å².